The molecule has 3 nitrogen and oxygen atoms in total. The van der Waals surface area contributed by atoms with Gasteiger partial charge in [-0.15, -0.1) is 0 Å². The first-order chi connectivity index (χ1) is 9.31. The summed E-state index contributed by atoms with van der Waals surface area (Å²) in [7, 11) is 1.58. The summed E-state index contributed by atoms with van der Waals surface area (Å²) in [5.41, 5.74) is 1.47. The van der Waals surface area contributed by atoms with Gasteiger partial charge in [0.15, 0.2) is 0 Å². The average Bonchev–Trinajstić information content (AvgIpc) is 2.37. The number of halogens is 2. The van der Waals surface area contributed by atoms with Crippen LogP contribution < -0.4 is 4.74 Å². The van der Waals surface area contributed by atoms with E-state index in [1.54, 1.807) is 19.2 Å². The molecule has 0 amide bonds. The molecule has 0 saturated heterocycles. The van der Waals surface area contributed by atoms with Gasteiger partial charge in [-0.1, -0.05) is 50.0 Å². The van der Waals surface area contributed by atoms with Crippen LogP contribution in [0.15, 0.2) is 24.3 Å². The van der Waals surface area contributed by atoms with Crippen LogP contribution in [0.25, 0.3) is 11.3 Å². The summed E-state index contributed by atoms with van der Waals surface area (Å²) in [6.07, 6.45) is 0. The first kappa shape index (κ1) is 15.1. The van der Waals surface area contributed by atoms with Crippen LogP contribution in [0.4, 0.5) is 0 Å². The summed E-state index contributed by atoms with van der Waals surface area (Å²) < 4.78 is 5.23. The van der Waals surface area contributed by atoms with Gasteiger partial charge in [-0.25, -0.2) is 9.97 Å². The molecule has 0 saturated carbocycles. The van der Waals surface area contributed by atoms with Crippen molar-refractivity contribution in [1.82, 2.24) is 9.97 Å². The summed E-state index contributed by atoms with van der Waals surface area (Å²) in [5, 5.41) is 0.987. The molecule has 0 aliphatic carbocycles. The van der Waals surface area contributed by atoms with Gasteiger partial charge in [0, 0.05) is 17.0 Å². The maximum Gasteiger partial charge on any atom is 0.138 e. The van der Waals surface area contributed by atoms with Crippen molar-refractivity contribution < 1.29 is 4.74 Å². The molecule has 2 aromatic rings. The molecule has 106 valence electrons. The molecule has 2 rings (SSSR count). The summed E-state index contributed by atoms with van der Waals surface area (Å²) in [6, 6.07) is 7.24. The van der Waals surface area contributed by atoms with E-state index in [9.17, 15) is 0 Å². The molecule has 0 atom stereocenters. The quantitative estimate of drug-likeness (QED) is 0.750. The Morgan fingerprint density at radius 1 is 1.05 bits per heavy atom. The van der Waals surface area contributed by atoms with Crippen LogP contribution in [-0.4, -0.2) is 17.1 Å². The van der Waals surface area contributed by atoms with Gasteiger partial charge >= 0.3 is 0 Å². The second-order valence-corrected chi connectivity index (χ2v) is 6.29. The lowest BCUT2D eigenvalue weighted by Gasteiger charge is -2.17. The highest BCUT2D eigenvalue weighted by Gasteiger charge is 2.19. The number of benzene rings is 1. The molecule has 0 aliphatic rings. The highest BCUT2D eigenvalue weighted by atomic mass is 35.5. The molecule has 5 heteroatoms. The zero-order valence-electron chi connectivity index (χ0n) is 11.9. The van der Waals surface area contributed by atoms with Crippen LogP contribution in [0.3, 0.4) is 0 Å². The van der Waals surface area contributed by atoms with Gasteiger partial charge in [-0.2, -0.15) is 0 Å². The van der Waals surface area contributed by atoms with Crippen molar-refractivity contribution in [3.8, 4) is 17.0 Å². The minimum absolute atomic E-state index is 0.170. The van der Waals surface area contributed by atoms with Crippen molar-refractivity contribution in [2.24, 2.45) is 0 Å². The Morgan fingerprint density at radius 3 is 2.35 bits per heavy atom. The Balaban J connectivity index is 2.55. The summed E-state index contributed by atoms with van der Waals surface area (Å²) in [6.45, 7) is 6.14. The molecule has 0 unspecified atom stereocenters. The number of rotatable bonds is 2. The third kappa shape index (κ3) is 3.22. The zero-order valence-corrected chi connectivity index (χ0v) is 13.4. The van der Waals surface area contributed by atoms with E-state index in [2.05, 4.69) is 9.97 Å². The molecule has 20 heavy (non-hydrogen) atoms. The Morgan fingerprint density at radius 2 is 1.75 bits per heavy atom. The second kappa shape index (κ2) is 5.58. The molecular formula is C15H16Cl2N2O. The number of ether oxygens (including phenoxy) is 1. The van der Waals surface area contributed by atoms with Crippen LogP contribution in [0, 0.1) is 0 Å². The third-order valence-electron chi connectivity index (χ3n) is 2.81. The van der Waals surface area contributed by atoms with Crippen LogP contribution in [0.1, 0.15) is 26.6 Å². The molecule has 0 bridgehead atoms. The van der Waals surface area contributed by atoms with Crippen molar-refractivity contribution in [3.05, 3.63) is 40.3 Å². The lowest BCUT2D eigenvalue weighted by molar-refractivity contribution is 0.415. The standard InChI is InChI=1S/C15H16Cl2N2O/c1-15(2,3)14-18-11(8-13(17)19-14)9-5-6-10(16)12(7-9)20-4/h5-8H,1-4H3. The topological polar surface area (TPSA) is 35.0 Å². The van der Waals surface area contributed by atoms with Gasteiger partial charge in [0.2, 0.25) is 0 Å². The van der Waals surface area contributed by atoms with E-state index in [-0.39, 0.29) is 5.41 Å². The molecule has 1 aromatic carbocycles. The minimum atomic E-state index is -0.170. The molecule has 1 heterocycles. The van der Waals surface area contributed by atoms with Crippen molar-refractivity contribution in [3.63, 3.8) is 0 Å². The Kier molecular flexibility index (Phi) is 4.21. The summed E-state index contributed by atoms with van der Waals surface area (Å²) >= 11 is 12.1. The van der Waals surface area contributed by atoms with Crippen molar-refractivity contribution in [2.75, 3.05) is 7.11 Å². The van der Waals surface area contributed by atoms with E-state index in [4.69, 9.17) is 27.9 Å². The Bertz CT molecular complexity index is 636. The monoisotopic (exact) mass is 310 g/mol. The van der Waals surface area contributed by atoms with Gasteiger partial charge in [-0.05, 0) is 12.1 Å². The largest absolute Gasteiger partial charge is 0.495 e. The molecule has 0 radical (unpaired) electrons. The predicted molar refractivity (Wildman–Crippen MR) is 82.7 cm³/mol. The van der Waals surface area contributed by atoms with Crippen molar-refractivity contribution in [1.29, 1.82) is 0 Å². The number of methoxy groups -OCH3 is 1. The van der Waals surface area contributed by atoms with Crippen molar-refractivity contribution in [2.45, 2.75) is 26.2 Å². The molecule has 1 aromatic heterocycles. The van der Waals surface area contributed by atoms with Gasteiger partial charge in [0.1, 0.15) is 16.7 Å². The van der Waals surface area contributed by atoms with Gasteiger partial charge in [-0.3, -0.25) is 0 Å². The van der Waals surface area contributed by atoms with Crippen LogP contribution in [0.5, 0.6) is 5.75 Å². The smallest absolute Gasteiger partial charge is 0.138 e. The zero-order chi connectivity index (χ0) is 14.9. The highest BCUT2D eigenvalue weighted by Crippen LogP contribution is 2.31. The molecule has 0 N–H and O–H groups in total. The number of aromatic nitrogens is 2. The summed E-state index contributed by atoms with van der Waals surface area (Å²) in [4.78, 5) is 8.87. The van der Waals surface area contributed by atoms with E-state index in [1.807, 2.05) is 32.9 Å². The number of hydrogen-bond donors (Lipinski definition) is 0. The molecule has 0 fully saturated rings. The van der Waals surface area contributed by atoms with Gasteiger partial charge in [0.05, 0.1) is 17.8 Å². The maximum absolute atomic E-state index is 6.10. The predicted octanol–water partition coefficient (Wildman–Crippen LogP) is 4.76. The fraction of sp³-hybridized carbons (Fsp3) is 0.333. The maximum atomic E-state index is 6.10. The normalized spacial score (nSPS) is 11.5. The highest BCUT2D eigenvalue weighted by molar-refractivity contribution is 6.32. The summed E-state index contributed by atoms with van der Waals surface area (Å²) in [5.74, 6) is 1.31. The number of hydrogen-bond acceptors (Lipinski definition) is 3. The van der Waals surface area contributed by atoms with Gasteiger partial charge in [0.25, 0.3) is 0 Å². The molecule has 0 spiro atoms. The van der Waals surface area contributed by atoms with E-state index in [0.29, 0.717) is 21.7 Å². The Hall–Kier alpha value is -1.32. The van der Waals surface area contributed by atoms with E-state index in [0.717, 1.165) is 11.3 Å². The molecule has 0 aliphatic heterocycles. The van der Waals surface area contributed by atoms with Crippen molar-refractivity contribution >= 4 is 23.2 Å². The van der Waals surface area contributed by atoms with Crippen LogP contribution >= 0.6 is 23.2 Å². The minimum Gasteiger partial charge on any atom is -0.495 e. The van der Waals surface area contributed by atoms with E-state index < -0.39 is 0 Å². The van der Waals surface area contributed by atoms with Crippen LogP contribution in [-0.2, 0) is 5.41 Å². The van der Waals surface area contributed by atoms with E-state index in [1.165, 1.54) is 0 Å². The first-order valence-electron chi connectivity index (χ1n) is 6.20. The second-order valence-electron chi connectivity index (χ2n) is 5.50. The first-order valence-corrected chi connectivity index (χ1v) is 6.96. The fourth-order valence-corrected chi connectivity index (χ4v) is 2.10. The fourth-order valence-electron chi connectivity index (χ4n) is 1.72. The SMILES string of the molecule is COc1cc(-c2cc(Cl)nc(C(C)(C)C)n2)ccc1Cl. The van der Waals surface area contributed by atoms with E-state index >= 15 is 0 Å². The lowest BCUT2D eigenvalue weighted by Crippen LogP contribution is -2.16. The average molecular weight is 311 g/mol. The Labute approximate surface area is 128 Å². The third-order valence-corrected chi connectivity index (χ3v) is 3.32. The lowest BCUT2D eigenvalue weighted by atomic mass is 9.95. The number of nitrogens with zero attached hydrogens (tertiary/aromatic N) is 2. The van der Waals surface area contributed by atoms with Gasteiger partial charge < -0.3 is 4.74 Å². The van der Waals surface area contributed by atoms with Crippen LogP contribution in [0.2, 0.25) is 10.2 Å². The molecular weight excluding hydrogens is 295 g/mol.